The fraction of sp³-hybridized carbons (Fsp3) is 0.333. The largest absolute Gasteiger partial charge is 0.334 e. The van der Waals surface area contributed by atoms with E-state index in [9.17, 15) is 4.79 Å². The topological polar surface area (TPSA) is 63.9 Å². The molecular weight excluding hydrogens is 338 g/mol. The summed E-state index contributed by atoms with van der Waals surface area (Å²) in [5.41, 5.74) is 2.05. The summed E-state index contributed by atoms with van der Waals surface area (Å²) in [6.07, 6.45) is 10.4. The highest BCUT2D eigenvalue weighted by Gasteiger charge is 2.31. The summed E-state index contributed by atoms with van der Waals surface area (Å²) in [5, 5.41) is 0. The van der Waals surface area contributed by atoms with Crippen LogP contribution in [-0.2, 0) is 11.2 Å². The first-order chi connectivity index (χ1) is 13.2. The van der Waals surface area contributed by atoms with Crippen LogP contribution in [0.15, 0.2) is 55.1 Å². The van der Waals surface area contributed by atoms with Crippen molar-refractivity contribution in [3.63, 3.8) is 0 Å². The number of hydrogen-bond acceptors (Lipinski definition) is 4. The maximum Gasteiger partial charge on any atom is 0.223 e. The quantitative estimate of drug-likeness (QED) is 0.700. The van der Waals surface area contributed by atoms with Crippen LogP contribution in [0, 0.1) is 6.92 Å². The maximum atomic E-state index is 12.8. The molecule has 0 spiro atoms. The molecule has 27 heavy (non-hydrogen) atoms. The van der Waals surface area contributed by atoms with Crippen molar-refractivity contribution in [1.82, 2.24) is 24.4 Å². The Hall–Kier alpha value is -3.02. The SMILES string of the molecule is Cc1nccn1-c1cncc([C@@H]2CCCN2C(=O)CCc2ccccc2)n1. The number of nitrogens with zero attached hydrogens (tertiary/aromatic N) is 5. The Morgan fingerprint density at radius 2 is 2.07 bits per heavy atom. The second kappa shape index (κ2) is 7.70. The molecule has 1 atom stereocenters. The summed E-state index contributed by atoms with van der Waals surface area (Å²) >= 11 is 0. The monoisotopic (exact) mass is 361 g/mol. The molecular formula is C21H23N5O. The van der Waals surface area contributed by atoms with Crippen molar-refractivity contribution in [3.8, 4) is 5.82 Å². The molecule has 0 saturated carbocycles. The lowest BCUT2D eigenvalue weighted by atomic mass is 10.1. The van der Waals surface area contributed by atoms with Gasteiger partial charge in [-0.2, -0.15) is 0 Å². The summed E-state index contributed by atoms with van der Waals surface area (Å²) in [4.78, 5) is 28.2. The number of aryl methyl sites for hydroxylation is 2. The molecule has 1 aromatic carbocycles. The van der Waals surface area contributed by atoms with Crippen LogP contribution in [0.3, 0.4) is 0 Å². The van der Waals surface area contributed by atoms with Crippen molar-refractivity contribution in [1.29, 1.82) is 0 Å². The normalized spacial score (nSPS) is 16.6. The first-order valence-electron chi connectivity index (χ1n) is 9.38. The third-order valence-corrected chi connectivity index (χ3v) is 5.10. The zero-order chi connectivity index (χ0) is 18.6. The van der Waals surface area contributed by atoms with Crippen LogP contribution in [0.4, 0.5) is 0 Å². The third-order valence-electron chi connectivity index (χ3n) is 5.10. The molecule has 1 aliphatic heterocycles. The van der Waals surface area contributed by atoms with Crippen LogP contribution in [0.5, 0.6) is 0 Å². The molecule has 138 valence electrons. The molecule has 2 aromatic heterocycles. The molecule has 1 fully saturated rings. The van der Waals surface area contributed by atoms with Gasteiger partial charge in [-0.05, 0) is 31.7 Å². The Bertz CT molecular complexity index is 921. The van der Waals surface area contributed by atoms with E-state index in [2.05, 4.69) is 22.1 Å². The van der Waals surface area contributed by atoms with E-state index in [1.165, 1.54) is 5.56 Å². The van der Waals surface area contributed by atoms with Crippen LogP contribution >= 0.6 is 0 Å². The molecule has 6 nitrogen and oxygen atoms in total. The highest BCUT2D eigenvalue weighted by atomic mass is 16.2. The Balaban J connectivity index is 1.50. The number of rotatable bonds is 5. The number of carbonyl (C=O) groups is 1. The Kier molecular flexibility index (Phi) is 4.96. The molecule has 1 saturated heterocycles. The lowest BCUT2D eigenvalue weighted by molar-refractivity contribution is -0.132. The maximum absolute atomic E-state index is 12.8. The predicted octanol–water partition coefficient (Wildman–Crippen LogP) is 3.27. The Morgan fingerprint density at radius 3 is 2.85 bits per heavy atom. The van der Waals surface area contributed by atoms with E-state index in [0.717, 1.165) is 43.1 Å². The number of imidazole rings is 1. The molecule has 3 aromatic rings. The van der Waals surface area contributed by atoms with E-state index >= 15 is 0 Å². The Labute approximate surface area is 158 Å². The molecule has 1 amide bonds. The summed E-state index contributed by atoms with van der Waals surface area (Å²) < 4.78 is 1.91. The lowest BCUT2D eigenvalue weighted by Crippen LogP contribution is -2.31. The van der Waals surface area contributed by atoms with Gasteiger partial charge in [-0.1, -0.05) is 30.3 Å². The number of aromatic nitrogens is 4. The van der Waals surface area contributed by atoms with Gasteiger partial charge in [0.1, 0.15) is 5.82 Å². The lowest BCUT2D eigenvalue weighted by Gasteiger charge is -2.24. The number of benzene rings is 1. The predicted molar refractivity (Wildman–Crippen MR) is 102 cm³/mol. The van der Waals surface area contributed by atoms with Gasteiger partial charge in [0.05, 0.1) is 24.1 Å². The average molecular weight is 361 g/mol. The summed E-state index contributed by atoms with van der Waals surface area (Å²) in [6, 6.07) is 10.2. The average Bonchev–Trinajstić information content (AvgIpc) is 3.36. The van der Waals surface area contributed by atoms with Crippen molar-refractivity contribution >= 4 is 5.91 Å². The van der Waals surface area contributed by atoms with Crippen LogP contribution in [0.2, 0.25) is 0 Å². The summed E-state index contributed by atoms with van der Waals surface area (Å²) in [6.45, 7) is 2.72. The molecule has 0 N–H and O–H groups in total. The second-order valence-electron chi connectivity index (χ2n) is 6.88. The van der Waals surface area contributed by atoms with Crippen LogP contribution in [-0.4, -0.2) is 36.9 Å². The minimum Gasteiger partial charge on any atom is -0.334 e. The van der Waals surface area contributed by atoms with Gasteiger partial charge in [-0.3, -0.25) is 14.3 Å². The van der Waals surface area contributed by atoms with Crippen molar-refractivity contribution in [2.45, 2.75) is 38.6 Å². The van der Waals surface area contributed by atoms with Gasteiger partial charge in [-0.25, -0.2) is 9.97 Å². The van der Waals surface area contributed by atoms with Crippen molar-refractivity contribution < 1.29 is 4.79 Å². The fourth-order valence-corrected chi connectivity index (χ4v) is 3.68. The van der Waals surface area contributed by atoms with Gasteiger partial charge in [0.15, 0.2) is 5.82 Å². The minimum absolute atomic E-state index is 0.00421. The first kappa shape index (κ1) is 17.4. The Morgan fingerprint density at radius 1 is 1.22 bits per heavy atom. The number of likely N-dealkylation sites (tertiary alicyclic amines) is 1. The molecule has 6 heteroatoms. The van der Waals surface area contributed by atoms with Gasteiger partial charge in [0, 0.05) is 25.4 Å². The molecule has 3 heterocycles. The number of amides is 1. The zero-order valence-electron chi connectivity index (χ0n) is 15.5. The van der Waals surface area contributed by atoms with Crippen LogP contribution in [0.1, 0.15) is 42.4 Å². The number of hydrogen-bond donors (Lipinski definition) is 0. The van der Waals surface area contributed by atoms with E-state index < -0.39 is 0 Å². The van der Waals surface area contributed by atoms with Crippen molar-refractivity contribution in [2.75, 3.05) is 6.54 Å². The van der Waals surface area contributed by atoms with Crippen LogP contribution in [0.25, 0.3) is 5.82 Å². The van der Waals surface area contributed by atoms with E-state index in [-0.39, 0.29) is 11.9 Å². The fourth-order valence-electron chi connectivity index (χ4n) is 3.68. The van der Waals surface area contributed by atoms with Gasteiger partial charge in [0.2, 0.25) is 5.91 Å². The molecule has 1 aliphatic rings. The molecule has 0 unspecified atom stereocenters. The van der Waals surface area contributed by atoms with E-state index in [4.69, 9.17) is 4.98 Å². The number of carbonyl (C=O) groups excluding carboxylic acids is 1. The standard InChI is InChI=1S/C21H23N5O/c1-16-23-11-13-25(16)20-15-22-14-18(24-20)19-8-5-12-26(19)21(27)10-9-17-6-3-2-4-7-17/h2-4,6-7,11,13-15,19H,5,8-10,12H2,1H3/t19-/m0/s1. The molecule has 4 rings (SSSR count). The molecule has 0 aliphatic carbocycles. The van der Waals surface area contributed by atoms with E-state index in [1.807, 2.05) is 40.8 Å². The van der Waals surface area contributed by atoms with Gasteiger partial charge in [0.25, 0.3) is 0 Å². The van der Waals surface area contributed by atoms with E-state index in [1.54, 1.807) is 18.6 Å². The molecule has 0 radical (unpaired) electrons. The zero-order valence-corrected chi connectivity index (χ0v) is 15.5. The summed E-state index contributed by atoms with van der Waals surface area (Å²) in [7, 11) is 0. The smallest absolute Gasteiger partial charge is 0.223 e. The van der Waals surface area contributed by atoms with Crippen LogP contribution < -0.4 is 0 Å². The second-order valence-corrected chi connectivity index (χ2v) is 6.88. The first-order valence-corrected chi connectivity index (χ1v) is 9.38. The van der Waals surface area contributed by atoms with E-state index in [0.29, 0.717) is 6.42 Å². The summed E-state index contributed by atoms with van der Waals surface area (Å²) in [5.74, 6) is 1.79. The van der Waals surface area contributed by atoms with Gasteiger partial charge < -0.3 is 4.90 Å². The van der Waals surface area contributed by atoms with Gasteiger partial charge >= 0.3 is 0 Å². The minimum atomic E-state index is 0.00421. The molecule has 0 bridgehead atoms. The van der Waals surface area contributed by atoms with Crippen molar-refractivity contribution in [2.24, 2.45) is 0 Å². The van der Waals surface area contributed by atoms with Gasteiger partial charge in [-0.15, -0.1) is 0 Å². The third kappa shape index (κ3) is 3.74. The highest BCUT2D eigenvalue weighted by Crippen LogP contribution is 2.31. The van der Waals surface area contributed by atoms with Crippen molar-refractivity contribution in [3.05, 3.63) is 72.2 Å². The highest BCUT2D eigenvalue weighted by molar-refractivity contribution is 5.77.